The number of carbonyl (C=O) groups is 1. The summed E-state index contributed by atoms with van der Waals surface area (Å²) in [5.74, 6) is 0.413. The molecule has 5 heteroatoms. The van der Waals surface area contributed by atoms with Gasteiger partial charge in [0.1, 0.15) is 0 Å². The molecule has 1 heterocycles. The van der Waals surface area contributed by atoms with Gasteiger partial charge in [-0.1, -0.05) is 49.1 Å². The van der Waals surface area contributed by atoms with Crippen molar-refractivity contribution in [2.24, 2.45) is 0 Å². The molecule has 0 radical (unpaired) electrons. The molecule has 0 spiro atoms. The second kappa shape index (κ2) is 9.40. The molecule has 1 saturated carbocycles. The molecule has 154 valence electrons. The number of amides is 1. The standard InChI is InChI=1S/C25H26ClN3O/c1-17(24-16-27-11-12-28-24)29-25(30)22-14-20(18-5-3-2-4-6-18)13-21(15-22)19-7-9-23(26)10-8-19/h7-18H,2-6H2,1H3,(H,29,30). The summed E-state index contributed by atoms with van der Waals surface area (Å²) in [7, 11) is 0. The van der Waals surface area contributed by atoms with E-state index in [-0.39, 0.29) is 11.9 Å². The van der Waals surface area contributed by atoms with E-state index >= 15 is 0 Å². The highest BCUT2D eigenvalue weighted by Crippen LogP contribution is 2.35. The van der Waals surface area contributed by atoms with Crippen LogP contribution in [-0.4, -0.2) is 15.9 Å². The molecule has 1 aliphatic carbocycles. The topological polar surface area (TPSA) is 54.9 Å². The molecule has 1 unspecified atom stereocenters. The lowest BCUT2D eigenvalue weighted by molar-refractivity contribution is 0.0939. The minimum atomic E-state index is -0.219. The van der Waals surface area contributed by atoms with E-state index in [1.807, 2.05) is 37.3 Å². The molecule has 1 fully saturated rings. The van der Waals surface area contributed by atoms with E-state index in [9.17, 15) is 4.79 Å². The molecule has 0 aliphatic heterocycles. The number of benzene rings is 2. The zero-order valence-corrected chi connectivity index (χ0v) is 17.9. The van der Waals surface area contributed by atoms with Crippen LogP contribution in [0.25, 0.3) is 11.1 Å². The van der Waals surface area contributed by atoms with Crippen molar-refractivity contribution in [3.8, 4) is 11.1 Å². The Hall–Kier alpha value is -2.72. The normalized spacial score (nSPS) is 15.5. The maximum absolute atomic E-state index is 13.1. The molecular formula is C25H26ClN3O. The van der Waals surface area contributed by atoms with Gasteiger partial charge in [0.05, 0.1) is 17.9 Å². The second-order valence-corrected chi connectivity index (χ2v) is 8.45. The van der Waals surface area contributed by atoms with Gasteiger partial charge in [0, 0.05) is 23.0 Å². The van der Waals surface area contributed by atoms with Crippen LogP contribution in [0.15, 0.2) is 61.1 Å². The van der Waals surface area contributed by atoms with Crippen LogP contribution < -0.4 is 5.32 Å². The van der Waals surface area contributed by atoms with Gasteiger partial charge >= 0.3 is 0 Å². The molecule has 2 aromatic carbocycles. The SMILES string of the molecule is CC(NC(=O)c1cc(-c2ccc(Cl)cc2)cc(C2CCCCC2)c1)c1cnccn1. The van der Waals surface area contributed by atoms with E-state index < -0.39 is 0 Å². The van der Waals surface area contributed by atoms with Gasteiger partial charge in [-0.25, -0.2) is 0 Å². The zero-order chi connectivity index (χ0) is 20.9. The van der Waals surface area contributed by atoms with Crippen LogP contribution in [-0.2, 0) is 0 Å². The van der Waals surface area contributed by atoms with Gasteiger partial charge in [-0.15, -0.1) is 0 Å². The summed E-state index contributed by atoms with van der Waals surface area (Å²) >= 11 is 6.07. The van der Waals surface area contributed by atoms with Gasteiger partial charge < -0.3 is 5.32 Å². The third-order valence-corrected chi connectivity index (χ3v) is 6.10. The summed E-state index contributed by atoms with van der Waals surface area (Å²) in [5.41, 5.74) is 4.78. The average Bonchev–Trinajstić information content (AvgIpc) is 2.80. The molecule has 4 nitrogen and oxygen atoms in total. The van der Waals surface area contributed by atoms with Gasteiger partial charge in [0.2, 0.25) is 0 Å². The van der Waals surface area contributed by atoms with Gasteiger partial charge in [-0.2, -0.15) is 0 Å². The maximum atomic E-state index is 13.1. The number of hydrogen-bond acceptors (Lipinski definition) is 3. The van der Waals surface area contributed by atoms with Gasteiger partial charge in [-0.05, 0) is 66.6 Å². The lowest BCUT2D eigenvalue weighted by Crippen LogP contribution is -2.27. The summed E-state index contributed by atoms with van der Waals surface area (Å²) in [5, 5.41) is 3.77. The predicted molar refractivity (Wildman–Crippen MR) is 121 cm³/mol. The van der Waals surface area contributed by atoms with E-state index in [4.69, 9.17) is 11.6 Å². The fourth-order valence-corrected chi connectivity index (χ4v) is 4.28. The second-order valence-electron chi connectivity index (χ2n) is 8.01. The van der Waals surface area contributed by atoms with Crippen molar-refractivity contribution in [3.63, 3.8) is 0 Å². The molecule has 1 aliphatic rings. The molecule has 0 saturated heterocycles. The Kier molecular flexibility index (Phi) is 6.44. The number of nitrogens with one attached hydrogen (secondary N) is 1. The molecule has 30 heavy (non-hydrogen) atoms. The highest BCUT2D eigenvalue weighted by atomic mass is 35.5. The van der Waals surface area contributed by atoms with Gasteiger partial charge in [-0.3, -0.25) is 14.8 Å². The Morgan fingerprint density at radius 3 is 2.50 bits per heavy atom. The Morgan fingerprint density at radius 1 is 1.03 bits per heavy atom. The first kappa shape index (κ1) is 20.5. The van der Waals surface area contributed by atoms with Gasteiger partial charge in [0.15, 0.2) is 0 Å². The van der Waals surface area contributed by atoms with Gasteiger partial charge in [0.25, 0.3) is 5.91 Å². The summed E-state index contributed by atoms with van der Waals surface area (Å²) < 4.78 is 0. The van der Waals surface area contributed by atoms with E-state index in [0.29, 0.717) is 16.5 Å². The number of carbonyl (C=O) groups excluding carboxylic acids is 1. The van der Waals surface area contributed by atoms with Crippen molar-refractivity contribution in [3.05, 3.63) is 82.9 Å². The first-order chi connectivity index (χ1) is 14.6. The molecule has 0 bridgehead atoms. The number of nitrogens with zero attached hydrogens (tertiary/aromatic N) is 2. The number of hydrogen-bond donors (Lipinski definition) is 1. The van der Waals surface area contributed by atoms with Crippen LogP contribution in [0.4, 0.5) is 0 Å². The largest absolute Gasteiger partial charge is 0.344 e. The van der Waals surface area contributed by atoms with Crippen molar-refractivity contribution in [1.29, 1.82) is 0 Å². The molecule has 1 aromatic heterocycles. The van der Waals surface area contributed by atoms with Crippen LogP contribution in [0.2, 0.25) is 5.02 Å². The van der Waals surface area contributed by atoms with E-state index in [1.165, 1.54) is 37.7 Å². The average molecular weight is 420 g/mol. The fraction of sp³-hybridized carbons (Fsp3) is 0.320. The third kappa shape index (κ3) is 4.88. The Bertz CT molecular complexity index is 999. The lowest BCUT2D eigenvalue weighted by Gasteiger charge is -2.23. The summed E-state index contributed by atoms with van der Waals surface area (Å²) in [6.07, 6.45) is 11.1. The third-order valence-electron chi connectivity index (χ3n) is 5.85. The van der Waals surface area contributed by atoms with E-state index in [1.54, 1.807) is 18.6 Å². The summed E-state index contributed by atoms with van der Waals surface area (Å²) in [6, 6.07) is 13.8. The first-order valence-corrected chi connectivity index (χ1v) is 11.0. The van der Waals surface area contributed by atoms with Crippen LogP contribution in [0.5, 0.6) is 0 Å². The van der Waals surface area contributed by atoms with Crippen molar-refractivity contribution in [1.82, 2.24) is 15.3 Å². The van der Waals surface area contributed by atoms with Crippen molar-refractivity contribution < 1.29 is 4.79 Å². The first-order valence-electron chi connectivity index (χ1n) is 10.6. The molecule has 1 N–H and O–H groups in total. The van der Waals surface area contributed by atoms with Crippen molar-refractivity contribution in [2.45, 2.75) is 51.0 Å². The van der Waals surface area contributed by atoms with E-state index in [0.717, 1.165) is 16.8 Å². The monoisotopic (exact) mass is 419 g/mol. The molecule has 1 amide bonds. The minimum Gasteiger partial charge on any atom is -0.344 e. The Balaban J connectivity index is 1.66. The zero-order valence-electron chi connectivity index (χ0n) is 17.1. The molecule has 4 rings (SSSR count). The van der Waals surface area contributed by atoms with Crippen molar-refractivity contribution >= 4 is 17.5 Å². The lowest BCUT2D eigenvalue weighted by atomic mass is 9.82. The highest BCUT2D eigenvalue weighted by Gasteiger charge is 2.20. The van der Waals surface area contributed by atoms with Crippen LogP contribution in [0.1, 0.15) is 72.6 Å². The van der Waals surface area contributed by atoms with Crippen LogP contribution >= 0.6 is 11.6 Å². The number of aromatic nitrogens is 2. The number of halogens is 1. The van der Waals surface area contributed by atoms with E-state index in [2.05, 4.69) is 27.4 Å². The highest BCUT2D eigenvalue weighted by molar-refractivity contribution is 6.30. The molecule has 1 atom stereocenters. The van der Waals surface area contributed by atoms with Crippen LogP contribution in [0.3, 0.4) is 0 Å². The van der Waals surface area contributed by atoms with Crippen LogP contribution in [0, 0.1) is 0 Å². The summed E-state index contributed by atoms with van der Waals surface area (Å²) in [4.78, 5) is 21.5. The quantitative estimate of drug-likeness (QED) is 0.525. The smallest absolute Gasteiger partial charge is 0.251 e. The molecular weight excluding hydrogens is 394 g/mol. The minimum absolute atomic E-state index is 0.0963. The molecule has 3 aromatic rings. The predicted octanol–water partition coefficient (Wildman–Crippen LogP) is 6.34. The van der Waals surface area contributed by atoms with Crippen molar-refractivity contribution in [2.75, 3.05) is 0 Å². The Morgan fingerprint density at radius 2 is 1.80 bits per heavy atom. The summed E-state index contributed by atoms with van der Waals surface area (Å²) in [6.45, 7) is 1.92. The fourth-order valence-electron chi connectivity index (χ4n) is 4.15. The Labute approximate surface area is 182 Å². The maximum Gasteiger partial charge on any atom is 0.251 e. The number of rotatable bonds is 5.